The average Bonchev–Trinajstić information content (AvgIpc) is 2.38. The second-order valence-electron chi connectivity index (χ2n) is 4.06. The van der Waals surface area contributed by atoms with Crippen LogP contribution >= 0.6 is 0 Å². The molecule has 0 fully saturated rings. The number of rotatable bonds is 4. The van der Waals surface area contributed by atoms with Gasteiger partial charge >= 0.3 is 0 Å². The lowest BCUT2D eigenvalue weighted by molar-refractivity contribution is -0.383. The number of nitro benzene ring substituents is 1. The largest absolute Gasteiger partial charge is 0.373 e. The van der Waals surface area contributed by atoms with E-state index in [9.17, 15) is 14.9 Å². The zero-order valence-corrected chi connectivity index (χ0v) is 10.2. The summed E-state index contributed by atoms with van der Waals surface area (Å²) in [5, 5.41) is 14.4. The number of fused-ring (bicyclic) bond motifs is 1. The maximum atomic E-state index is 11.1. The number of hydrogen-bond acceptors (Lipinski definition) is 5. The fraction of sp³-hybridized carbons (Fsp3) is 0.167. The van der Waals surface area contributed by atoms with Crippen LogP contribution in [0.5, 0.6) is 0 Å². The van der Waals surface area contributed by atoms with Crippen molar-refractivity contribution in [2.24, 2.45) is 5.73 Å². The van der Waals surface area contributed by atoms with E-state index in [4.69, 9.17) is 5.73 Å². The molecule has 1 unspecified atom stereocenters. The summed E-state index contributed by atoms with van der Waals surface area (Å²) in [4.78, 5) is 25.5. The zero-order valence-electron chi connectivity index (χ0n) is 10.2. The summed E-state index contributed by atoms with van der Waals surface area (Å²) in [5.74, 6) is -0.504. The van der Waals surface area contributed by atoms with Gasteiger partial charge in [0.2, 0.25) is 5.91 Å². The molecule has 19 heavy (non-hydrogen) atoms. The van der Waals surface area contributed by atoms with Gasteiger partial charge in [0.1, 0.15) is 11.6 Å². The number of benzene rings is 1. The number of primary amides is 1. The van der Waals surface area contributed by atoms with Gasteiger partial charge < -0.3 is 11.1 Å². The van der Waals surface area contributed by atoms with Crippen LogP contribution in [0.15, 0.2) is 30.5 Å². The lowest BCUT2D eigenvalue weighted by Gasteiger charge is -2.13. The topological polar surface area (TPSA) is 111 Å². The molecule has 1 heterocycles. The molecule has 0 aliphatic carbocycles. The molecule has 2 aromatic rings. The molecule has 2 rings (SSSR count). The number of carbonyl (C=O) groups excluding carboxylic acids is 1. The number of hydrogen-bond donors (Lipinski definition) is 2. The van der Waals surface area contributed by atoms with Crippen molar-refractivity contribution in [1.82, 2.24) is 4.98 Å². The molecule has 1 aromatic carbocycles. The van der Waals surface area contributed by atoms with Crippen LogP contribution < -0.4 is 11.1 Å². The summed E-state index contributed by atoms with van der Waals surface area (Å²) in [6.45, 7) is 1.62. The maximum absolute atomic E-state index is 11.1. The molecule has 98 valence electrons. The third-order valence-corrected chi connectivity index (χ3v) is 2.74. The summed E-state index contributed by atoms with van der Waals surface area (Å²) in [6, 6.07) is 5.69. The van der Waals surface area contributed by atoms with Crippen LogP contribution in [-0.2, 0) is 4.79 Å². The van der Waals surface area contributed by atoms with Gasteiger partial charge in [-0.15, -0.1) is 0 Å². The molecule has 0 radical (unpaired) electrons. The Morgan fingerprint density at radius 3 is 2.84 bits per heavy atom. The Morgan fingerprint density at radius 1 is 1.47 bits per heavy atom. The van der Waals surface area contributed by atoms with Crippen molar-refractivity contribution in [3.8, 4) is 0 Å². The van der Waals surface area contributed by atoms with Gasteiger partial charge in [0.15, 0.2) is 0 Å². The molecule has 7 nitrogen and oxygen atoms in total. The quantitative estimate of drug-likeness (QED) is 0.638. The molecule has 7 heteroatoms. The summed E-state index contributed by atoms with van der Waals surface area (Å²) in [6.07, 6.45) is 1.48. The van der Waals surface area contributed by atoms with E-state index < -0.39 is 16.9 Å². The van der Waals surface area contributed by atoms with E-state index in [0.29, 0.717) is 11.1 Å². The van der Waals surface area contributed by atoms with E-state index in [1.54, 1.807) is 25.1 Å². The predicted molar refractivity (Wildman–Crippen MR) is 70.7 cm³/mol. The highest BCUT2D eigenvalue weighted by molar-refractivity contribution is 5.98. The Kier molecular flexibility index (Phi) is 3.28. The molecule has 1 amide bonds. The van der Waals surface area contributed by atoms with Crippen molar-refractivity contribution in [3.63, 3.8) is 0 Å². The molecule has 0 saturated carbocycles. The van der Waals surface area contributed by atoms with Gasteiger partial charge in [-0.25, -0.2) is 4.98 Å². The lowest BCUT2D eigenvalue weighted by Crippen LogP contribution is -2.32. The SMILES string of the molecule is CC(Nc1ccc([N+](=O)[O-])c2ncccc12)C(N)=O. The molecule has 0 saturated heterocycles. The number of carbonyl (C=O) groups is 1. The minimum Gasteiger partial charge on any atom is -0.373 e. The molecule has 1 aromatic heterocycles. The lowest BCUT2D eigenvalue weighted by atomic mass is 10.1. The first-order valence-electron chi connectivity index (χ1n) is 5.58. The second-order valence-corrected chi connectivity index (χ2v) is 4.06. The minimum absolute atomic E-state index is 0.0760. The smallest absolute Gasteiger partial charge is 0.295 e. The highest BCUT2D eigenvalue weighted by Crippen LogP contribution is 2.29. The number of nitro groups is 1. The van der Waals surface area contributed by atoms with Crippen LogP contribution in [0.1, 0.15) is 6.92 Å². The highest BCUT2D eigenvalue weighted by atomic mass is 16.6. The Labute approximate surface area is 108 Å². The number of nitrogens with one attached hydrogen (secondary N) is 1. The number of anilines is 1. The van der Waals surface area contributed by atoms with Crippen molar-refractivity contribution in [2.45, 2.75) is 13.0 Å². The van der Waals surface area contributed by atoms with Gasteiger partial charge in [0, 0.05) is 23.3 Å². The number of aromatic nitrogens is 1. The van der Waals surface area contributed by atoms with Gasteiger partial charge in [-0.05, 0) is 25.1 Å². The minimum atomic E-state index is -0.579. The van der Waals surface area contributed by atoms with E-state index in [-0.39, 0.29) is 11.2 Å². The van der Waals surface area contributed by atoms with Crippen molar-refractivity contribution in [3.05, 3.63) is 40.6 Å². The van der Waals surface area contributed by atoms with Gasteiger partial charge in [0.25, 0.3) is 5.69 Å². The van der Waals surface area contributed by atoms with Crippen molar-refractivity contribution >= 4 is 28.2 Å². The van der Waals surface area contributed by atoms with E-state index >= 15 is 0 Å². The molecule has 0 aliphatic rings. The molecule has 3 N–H and O–H groups in total. The fourth-order valence-corrected chi connectivity index (χ4v) is 1.74. The Bertz CT molecular complexity index is 656. The van der Waals surface area contributed by atoms with Crippen LogP contribution in [-0.4, -0.2) is 21.9 Å². The number of nitrogens with two attached hydrogens (primary N) is 1. The molecule has 0 aliphatic heterocycles. The third-order valence-electron chi connectivity index (χ3n) is 2.74. The molecule has 1 atom stereocenters. The predicted octanol–water partition coefficient (Wildman–Crippen LogP) is 1.43. The second kappa shape index (κ2) is 4.89. The van der Waals surface area contributed by atoms with E-state index in [1.807, 2.05) is 0 Å². The Balaban J connectivity index is 2.55. The van der Waals surface area contributed by atoms with Crippen LogP contribution in [0.25, 0.3) is 10.9 Å². The van der Waals surface area contributed by atoms with Crippen molar-refractivity contribution < 1.29 is 9.72 Å². The van der Waals surface area contributed by atoms with Crippen LogP contribution in [0.4, 0.5) is 11.4 Å². The van der Waals surface area contributed by atoms with Crippen LogP contribution in [0, 0.1) is 10.1 Å². The van der Waals surface area contributed by atoms with Crippen molar-refractivity contribution in [2.75, 3.05) is 5.32 Å². The first kappa shape index (κ1) is 12.7. The summed E-state index contributed by atoms with van der Waals surface area (Å²) >= 11 is 0. The first-order valence-corrected chi connectivity index (χ1v) is 5.58. The third kappa shape index (κ3) is 2.44. The standard InChI is InChI=1S/C12H12N4O3/c1-7(12(13)17)15-9-4-5-10(16(18)19)11-8(9)3-2-6-14-11/h2-7,15H,1H3,(H2,13,17). The van der Waals surface area contributed by atoms with E-state index in [2.05, 4.69) is 10.3 Å². The van der Waals surface area contributed by atoms with E-state index in [0.717, 1.165) is 0 Å². The number of non-ortho nitro benzene ring substituents is 1. The summed E-state index contributed by atoms with van der Waals surface area (Å²) in [5.41, 5.74) is 5.96. The monoisotopic (exact) mass is 260 g/mol. The van der Waals surface area contributed by atoms with Crippen LogP contribution in [0.2, 0.25) is 0 Å². The zero-order chi connectivity index (χ0) is 14.0. The van der Waals surface area contributed by atoms with Crippen LogP contribution in [0.3, 0.4) is 0 Å². The van der Waals surface area contributed by atoms with Gasteiger partial charge in [-0.2, -0.15) is 0 Å². The molecule has 0 bridgehead atoms. The summed E-state index contributed by atoms with van der Waals surface area (Å²) < 4.78 is 0. The highest BCUT2D eigenvalue weighted by Gasteiger charge is 2.17. The summed E-state index contributed by atoms with van der Waals surface area (Å²) in [7, 11) is 0. The fourth-order valence-electron chi connectivity index (χ4n) is 1.74. The number of pyridine rings is 1. The van der Waals surface area contributed by atoms with Gasteiger partial charge in [0.05, 0.1) is 4.92 Å². The first-order chi connectivity index (χ1) is 9.00. The number of nitrogens with zero attached hydrogens (tertiary/aromatic N) is 2. The normalized spacial score (nSPS) is 12.1. The molecular weight excluding hydrogens is 248 g/mol. The number of amides is 1. The van der Waals surface area contributed by atoms with E-state index in [1.165, 1.54) is 12.3 Å². The average molecular weight is 260 g/mol. The van der Waals surface area contributed by atoms with Gasteiger partial charge in [-0.3, -0.25) is 14.9 Å². The Morgan fingerprint density at radius 2 is 2.21 bits per heavy atom. The maximum Gasteiger partial charge on any atom is 0.295 e. The van der Waals surface area contributed by atoms with Crippen molar-refractivity contribution in [1.29, 1.82) is 0 Å². The Hall–Kier alpha value is -2.70. The molecular formula is C12H12N4O3. The molecule has 0 spiro atoms. The van der Waals surface area contributed by atoms with Gasteiger partial charge in [-0.1, -0.05) is 0 Å².